The van der Waals surface area contributed by atoms with E-state index in [-0.39, 0.29) is 57.3 Å². The lowest BCUT2D eigenvalue weighted by molar-refractivity contribution is -0.126. The molecule has 2 rings (SSSR count). The zero-order chi connectivity index (χ0) is 53.0. The summed E-state index contributed by atoms with van der Waals surface area (Å²) in [4.78, 5) is 24.7. The number of aliphatic hydroxyl groups is 1. The summed E-state index contributed by atoms with van der Waals surface area (Å²) in [6, 6.07) is 15.6. The minimum absolute atomic E-state index is 0.00756. The van der Waals surface area contributed by atoms with Crippen molar-refractivity contribution in [3.05, 3.63) is 59.7 Å². The van der Waals surface area contributed by atoms with E-state index in [1.165, 1.54) is 6.92 Å². The number of hydrogen-bond donors (Lipinski definition) is 1. The minimum Gasteiger partial charge on any atom is -0.497 e. The van der Waals surface area contributed by atoms with Gasteiger partial charge in [-0.05, 0) is 123 Å². The molecule has 0 aromatic heterocycles. The van der Waals surface area contributed by atoms with Gasteiger partial charge in [0.05, 0.1) is 63.7 Å². The minimum atomic E-state index is -2.17. The number of carbonyl (C=O) groups excluding carboxylic acids is 2. The molecule has 1 N–H and O–H groups in total. The first-order chi connectivity index (χ1) is 31.7. The highest BCUT2D eigenvalue weighted by molar-refractivity contribution is 6.74. The SMILES string of the molecule is C#CC[C@@H](C(C)=O)[C@@H](O)C[C@@H](CCO[Si](C)(C)C(C)(C)C)OCc1ccc(OC)cc1.C#CC[C@@H](C(C)=O)[C@H](C[C@@H](CCO[Si](C)(C)C(C)(C)C)OCc1ccc(OC)cc1)O[Si](C)(C)C(C)(C)C. The summed E-state index contributed by atoms with van der Waals surface area (Å²) in [7, 11) is -2.65. The maximum Gasteiger partial charge on any atom is 0.192 e. The van der Waals surface area contributed by atoms with Gasteiger partial charge >= 0.3 is 0 Å². The first-order valence-electron chi connectivity index (χ1n) is 24.8. The molecule has 0 radical (unpaired) electrons. The molecule has 0 spiro atoms. The van der Waals surface area contributed by atoms with E-state index in [1.54, 1.807) is 21.1 Å². The number of ketones is 2. The van der Waals surface area contributed by atoms with Crippen LogP contribution < -0.4 is 9.47 Å². The van der Waals surface area contributed by atoms with Gasteiger partial charge in [0.15, 0.2) is 25.0 Å². The average molecular weight is 1010 g/mol. The van der Waals surface area contributed by atoms with Gasteiger partial charge in [0.25, 0.3) is 0 Å². The van der Waals surface area contributed by atoms with Crippen molar-refractivity contribution in [2.45, 2.75) is 207 Å². The van der Waals surface area contributed by atoms with Crippen molar-refractivity contribution in [3.8, 4) is 36.2 Å². The standard InChI is InChI=1S/C31H54O5Si2.C25H40O5Si/c1-14-15-28(24(2)32)29(36-38(12,13)31(6,7)8)22-27(20-21-35-37(10,11)30(3,4)5)34-23-25-16-18-26(33-9)19-17-25;1-9-10-23(19(2)26)24(27)17-22(15-16-30-31(7,8)25(3,4)5)29-18-20-11-13-21(28-6)14-12-20/h1,16-19,27-29H,15,20-23H2,2-13H3;1,11-14,22-24,27H,10,15-18H2,2-8H3/t27-,28+,29+;22-,23+,24+/m11/s1. The fraction of sp³-hybridized carbons (Fsp3) is 0.679. The van der Waals surface area contributed by atoms with Gasteiger partial charge in [0, 0.05) is 32.5 Å². The normalized spacial score (nSPS) is 15.3. The Morgan fingerprint density at radius 3 is 1.25 bits per heavy atom. The molecule has 0 aliphatic carbocycles. The molecule has 0 unspecified atom stereocenters. The Hall–Kier alpha value is -3.09. The highest BCUT2D eigenvalue weighted by Gasteiger charge is 2.43. The monoisotopic (exact) mass is 1010 g/mol. The number of Topliss-reactive ketones (excluding diaryl/α,β-unsaturated/α-hetero) is 2. The lowest BCUT2D eigenvalue weighted by Gasteiger charge is -2.42. The Kier molecular flexibility index (Phi) is 26.7. The van der Waals surface area contributed by atoms with Gasteiger partial charge in [-0.25, -0.2) is 0 Å². The van der Waals surface area contributed by atoms with Crippen LogP contribution in [0.5, 0.6) is 11.5 Å². The summed E-state index contributed by atoms with van der Waals surface area (Å²) in [5.74, 6) is 5.86. The van der Waals surface area contributed by atoms with Crippen molar-refractivity contribution in [1.82, 2.24) is 0 Å². The molecule has 2 aromatic rings. The van der Waals surface area contributed by atoms with Crippen LogP contribution in [0.2, 0.25) is 54.4 Å². The van der Waals surface area contributed by atoms with Gasteiger partial charge in [0.2, 0.25) is 0 Å². The van der Waals surface area contributed by atoms with E-state index in [4.69, 9.17) is 45.1 Å². The molecule has 6 atom stereocenters. The number of carbonyl (C=O) groups is 2. The molecule has 10 nitrogen and oxygen atoms in total. The van der Waals surface area contributed by atoms with Crippen LogP contribution in [0.1, 0.15) is 126 Å². The molecule has 0 saturated heterocycles. The van der Waals surface area contributed by atoms with E-state index in [9.17, 15) is 14.7 Å². The Morgan fingerprint density at radius 1 is 0.580 bits per heavy atom. The summed E-state index contributed by atoms with van der Waals surface area (Å²) in [6.45, 7) is 38.5. The molecule has 69 heavy (non-hydrogen) atoms. The first-order valence-corrected chi connectivity index (χ1v) is 33.5. The van der Waals surface area contributed by atoms with E-state index in [0.29, 0.717) is 52.1 Å². The quantitative estimate of drug-likeness (QED) is 0.0652. The van der Waals surface area contributed by atoms with Crippen LogP contribution in [0, 0.1) is 36.5 Å². The fourth-order valence-corrected chi connectivity index (χ4v) is 10.1. The number of benzene rings is 2. The van der Waals surface area contributed by atoms with Gasteiger partial charge in [-0.2, -0.15) is 0 Å². The first kappa shape index (κ1) is 63.9. The van der Waals surface area contributed by atoms with Crippen LogP contribution in [-0.4, -0.2) is 93.5 Å². The lowest BCUT2D eigenvalue weighted by Crippen LogP contribution is -2.48. The number of terminal acetylenes is 2. The molecule has 0 aliphatic heterocycles. The predicted molar refractivity (Wildman–Crippen MR) is 291 cm³/mol. The molecule has 13 heteroatoms. The van der Waals surface area contributed by atoms with Crippen molar-refractivity contribution in [1.29, 1.82) is 0 Å². The summed E-state index contributed by atoms with van der Waals surface area (Å²) in [5.41, 5.74) is 2.08. The second-order valence-corrected chi connectivity index (χ2v) is 37.4. The van der Waals surface area contributed by atoms with E-state index in [2.05, 4.69) is 113 Å². The topological polar surface area (TPSA) is 119 Å². The molecule has 2 aromatic carbocycles. The molecule has 0 aliphatic rings. The van der Waals surface area contributed by atoms with Gasteiger partial charge in [-0.3, -0.25) is 9.59 Å². The molecule has 0 bridgehead atoms. The number of rotatable bonds is 28. The highest BCUT2D eigenvalue weighted by atomic mass is 28.4. The van der Waals surface area contributed by atoms with Crippen molar-refractivity contribution in [2.24, 2.45) is 11.8 Å². The third kappa shape index (κ3) is 22.5. The fourth-order valence-electron chi connectivity index (χ4n) is 6.62. The molecular weight excluding hydrogens is 917 g/mol. The average Bonchev–Trinajstić information content (AvgIpc) is 3.24. The molecule has 0 fully saturated rings. The zero-order valence-electron chi connectivity index (χ0n) is 46.4. The third-order valence-corrected chi connectivity index (χ3v) is 28.2. The number of ether oxygens (including phenoxy) is 4. The van der Waals surface area contributed by atoms with Crippen molar-refractivity contribution >= 4 is 36.5 Å². The van der Waals surface area contributed by atoms with Crippen LogP contribution in [0.15, 0.2) is 48.5 Å². The number of aliphatic hydroxyl groups excluding tert-OH is 1. The Bertz CT molecular complexity index is 1890. The molecule has 0 amide bonds. The summed E-state index contributed by atoms with van der Waals surface area (Å²) < 4.78 is 42.8. The van der Waals surface area contributed by atoms with Crippen molar-refractivity contribution < 1.29 is 46.9 Å². The van der Waals surface area contributed by atoms with Gasteiger partial charge in [-0.15, -0.1) is 24.7 Å². The van der Waals surface area contributed by atoms with Crippen LogP contribution in [0.4, 0.5) is 0 Å². The second kappa shape index (κ2) is 28.8. The molecular formula is C56H94O10Si3. The largest absolute Gasteiger partial charge is 0.497 e. The Balaban J connectivity index is 0.000000704. The third-order valence-electron chi connectivity index (χ3n) is 14.6. The van der Waals surface area contributed by atoms with Crippen LogP contribution >= 0.6 is 0 Å². The van der Waals surface area contributed by atoms with E-state index >= 15 is 0 Å². The molecule has 0 heterocycles. The number of methoxy groups -OCH3 is 2. The van der Waals surface area contributed by atoms with Gasteiger partial charge in [-0.1, -0.05) is 86.6 Å². The Morgan fingerprint density at radius 2 is 0.928 bits per heavy atom. The summed E-state index contributed by atoms with van der Waals surface area (Å²) in [5, 5.41) is 11.0. The predicted octanol–water partition coefficient (Wildman–Crippen LogP) is 13.0. The van der Waals surface area contributed by atoms with Gasteiger partial charge in [0.1, 0.15) is 23.1 Å². The maximum atomic E-state index is 12.8. The van der Waals surface area contributed by atoms with Crippen LogP contribution in [-0.2, 0) is 45.6 Å². The maximum absolute atomic E-state index is 12.8. The van der Waals surface area contributed by atoms with Crippen molar-refractivity contribution in [2.75, 3.05) is 27.4 Å². The second-order valence-electron chi connectivity index (χ2n) is 23.1. The van der Waals surface area contributed by atoms with Crippen LogP contribution in [0.25, 0.3) is 0 Å². The number of hydrogen-bond acceptors (Lipinski definition) is 10. The van der Waals surface area contributed by atoms with Gasteiger partial charge < -0.3 is 37.3 Å². The highest BCUT2D eigenvalue weighted by Crippen LogP contribution is 2.41. The van der Waals surface area contributed by atoms with E-state index in [1.807, 2.05) is 48.5 Å². The van der Waals surface area contributed by atoms with Crippen LogP contribution in [0.3, 0.4) is 0 Å². The lowest BCUT2D eigenvalue weighted by atomic mass is 9.90. The summed E-state index contributed by atoms with van der Waals surface area (Å²) >= 11 is 0. The zero-order valence-corrected chi connectivity index (χ0v) is 49.4. The molecule has 0 saturated carbocycles. The Labute approximate surface area is 423 Å². The van der Waals surface area contributed by atoms with E-state index in [0.717, 1.165) is 29.0 Å². The smallest absolute Gasteiger partial charge is 0.192 e. The van der Waals surface area contributed by atoms with E-state index < -0.39 is 37.0 Å². The van der Waals surface area contributed by atoms with Crippen molar-refractivity contribution in [3.63, 3.8) is 0 Å². The molecule has 390 valence electrons. The summed E-state index contributed by atoms with van der Waals surface area (Å²) in [6.07, 6.45) is 12.4.